The molecule has 0 amide bonds. The lowest BCUT2D eigenvalue weighted by atomic mass is 9.90. The Morgan fingerprint density at radius 2 is 2.00 bits per heavy atom. The highest BCUT2D eigenvalue weighted by atomic mass is 16.3. The number of carbonyl (C=O) groups excluding carboxylic acids is 1. The molecule has 3 heteroatoms. The molecule has 3 nitrogen and oxygen atoms in total. The summed E-state index contributed by atoms with van der Waals surface area (Å²) < 4.78 is 0. The van der Waals surface area contributed by atoms with Crippen LogP contribution >= 0.6 is 0 Å². The van der Waals surface area contributed by atoms with Crippen molar-refractivity contribution in [3.05, 3.63) is 0 Å². The molecule has 1 heterocycles. The van der Waals surface area contributed by atoms with E-state index in [1.54, 1.807) is 0 Å². The number of nitrogens with zero attached hydrogens (tertiary/aromatic N) is 1. The van der Waals surface area contributed by atoms with Gasteiger partial charge in [0.25, 0.3) is 0 Å². The van der Waals surface area contributed by atoms with Crippen LogP contribution in [0.15, 0.2) is 0 Å². The van der Waals surface area contributed by atoms with Crippen molar-refractivity contribution in [3.63, 3.8) is 0 Å². The highest BCUT2D eigenvalue weighted by molar-refractivity contribution is 5.80. The molecule has 2 fully saturated rings. The minimum absolute atomic E-state index is 0.128. The maximum Gasteiger partial charge on any atom is 0.134 e. The van der Waals surface area contributed by atoms with Gasteiger partial charge in [0.1, 0.15) is 5.78 Å². The van der Waals surface area contributed by atoms with Crippen LogP contribution < -0.4 is 0 Å². The van der Waals surface area contributed by atoms with E-state index in [0.29, 0.717) is 25.0 Å². The third-order valence-electron chi connectivity index (χ3n) is 3.21. The van der Waals surface area contributed by atoms with Crippen molar-refractivity contribution in [2.45, 2.75) is 44.2 Å². The number of aliphatic hydroxyl groups excluding tert-OH is 1. The van der Waals surface area contributed by atoms with E-state index in [4.69, 9.17) is 0 Å². The Morgan fingerprint density at radius 1 is 1.31 bits per heavy atom. The van der Waals surface area contributed by atoms with Gasteiger partial charge in [0.2, 0.25) is 0 Å². The van der Waals surface area contributed by atoms with E-state index < -0.39 is 0 Å². The van der Waals surface area contributed by atoms with Gasteiger partial charge in [-0.3, -0.25) is 9.69 Å². The molecule has 2 unspecified atom stereocenters. The molecule has 2 rings (SSSR count). The molecule has 13 heavy (non-hydrogen) atoms. The zero-order chi connectivity index (χ0) is 9.26. The molecular weight excluding hydrogens is 166 g/mol. The standard InChI is InChI=1S/C10H17NO2/c12-8-3-4-10(13)9(7-8)11-5-1-2-6-11/h9-10,13H,1-7H2. The second kappa shape index (κ2) is 3.76. The molecule has 1 N–H and O–H groups in total. The first kappa shape index (κ1) is 9.16. The molecule has 0 aromatic rings. The van der Waals surface area contributed by atoms with Gasteiger partial charge in [-0.15, -0.1) is 0 Å². The first-order valence-electron chi connectivity index (χ1n) is 5.21. The van der Waals surface area contributed by atoms with E-state index in [-0.39, 0.29) is 12.1 Å². The summed E-state index contributed by atoms with van der Waals surface area (Å²) in [5, 5.41) is 9.75. The van der Waals surface area contributed by atoms with Crippen LogP contribution in [-0.4, -0.2) is 41.0 Å². The quantitative estimate of drug-likeness (QED) is 0.646. The van der Waals surface area contributed by atoms with Gasteiger partial charge in [-0.2, -0.15) is 0 Å². The normalized spacial score (nSPS) is 36.8. The molecule has 0 bridgehead atoms. The monoisotopic (exact) mass is 183 g/mol. The van der Waals surface area contributed by atoms with Crippen LogP contribution in [0.1, 0.15) is 32.1 Å². The Bertz CT molecular complexity index is 199. The average Bonchev–Trinajstić information content (AvgIpc) is 2.61. The molecule has 1 saturated carbocycles. The summed E-state index contributed by atoms with van der Waals surface area (Å²) in [6.45, 7) is 2.13. The highest BCUT2D eigenvalue weighted by Gasteiger charge is 2.33. The van der Waals surface area contributed by atoms with E-state index in [0.717, 1.165) is 13.1 Å². The Hall–Kier alpha value is -0.410. The summed E-state index contributed by atoms with van der Waals surface area (Å²) in [7, 11) is 0. The first-order chi connectivity index (χ1) is 6.27. The second-order valence-corrected chi connectivity index (χ2v) is 4.16. The molecule has 74 valence electrons. The van der Waals surface area contributed by atoms with Crippen LogP contribution in [0, 0.1) is 0 Å². The van der Waals surface area contributed by atoms with E-state index in [1.165, 1.54) is 12.8 Å². The van der Waals surface area contributed by atoms with Crippen LogP contribution in [0.5, 0.6) is 0 Å². The van der Waals surface area contributed by atoms with Crippen molar-refractivity contribution in [2.75, 3.05) is 13.1 Å². The van der Waals surface area contributed by atoms with Crippen LogP contribution in [-0.2, 0) is 4.79 Å². The van der Waals surface area contributed by atoms with E-state index in [1.807, 2.05) is 0 Å². The minimum atomic E-state index is -0.268. The molecule has 1 saturated heterocycles. The van der Waals surface area contributed by atoms with Gasteiger partial charge in [-0.1, -0.05) is 0 Å². The van der Waals surface area contributed by atoms with E-state index in [2.05, 4.69) is 4.90 Å². The van der Waals surface area contributed by atoms with Gasteiger partial charge < -0.3 is 5.11 Å². The lowest BCUT2D eigenvalue weighted by molar-refractivity contribution is -0.125. The van der Waals surface area contributed by atoms with Crippen LogP contribution in [0.3, 0.4) is 0 Å². The predicted molar refractivity (Wildman–Crippen MR) is 49.5 cm³/mol. The van der Waals surface area contributed by atoms with Crippen LogP contribution in [0.4, 0.5) is 0 Å². The summed E-state index contributed by atoms with van der Waals surface area (Å²) >= 11 is 0. The summed E-state index contributed by atoms with van der Waals surface area (Å²) in [6, 6.07) is 0.128. The minimum Gasteiger partial charge on any atom is -0.391 e. The van der Waals surface area contributed by atoms with Crippen LogP contribution in [0.2, 0.25) is 0 Å². The first-order valence-corrected chi connectivity index (χ1v) is 5.21. The number of rotatable bonds is 1. The van der Waals surface area contributed by atoms with Gasteiger partial charge in [0, 0.05) is 18.9 Å². The number of hydrogen-bond acceptors (Lipinski definition) is 3. The van der Waals surface area contributed by atoms with Gasteiger partial charge in [0.15, 0.2) is 0 Å². The van der Waals surface area contributed by atoms with Crippen LogP contribution in [0.25, 0.3) is 0 Å². The number of aliphatic hydroxyl groups is 1. The lowest BCUT2D eigenvalue weighted by Gasteiger charge is -2.34. The number of carbonyl (C=O) groups is 1. The van der Waals surface area contributed by atoms with Gasteiger partial charge in [0.05, 0.1) is 6.10 Å². The maximum absolute atomic E-state index is 11.2. The van der Waals surface area contributed by atoms with E-state index in [9.17, 15) is 9.90 Å². The molecule has 1 aliphatic heterocycles. The number of ketones is 1. The summed E-state index contributed by atoms with van der Waals surface area (Å²) in [5.41, 5.74) is 0. The lowest BCUT2D eigenvalue weighted by Crippen LogP contribution is -2.46. The van der Waals surface area contributed by atoms with Gasteiger partial charge >= 0.3 is 0 Å². The smallest absolute Gasteiger partial charge is 0.134 e. The Kier molecular flexibility index (Phi) is 2.65. The number of likely N-dealkylation sites (tertiary alicyclic amines) is 1. The van der Waals surface area contributed by atoms with Crippen molar-refractivity contribution >= 4 is 5.78 Å². The van der Waals surface area contributed by atoms with Crippen molar-refractivity contribution in [1.29, 1.82) is 0 Å². The fraction of sp³-hybridized carbons (Fsp3) is 0.900. The van der Waals surface area contributed by atoms with Crippen molar-refractivity contribution in [3.8, 4) is 0 Å². The fourth-order valence-corrected chi connectivity index (χ4v) is 2.42. The molecule has 0 radical (unpaired) electrons. The Balaban J connectivity index is 1.98. The Labute approximate surface area is 78.7 Å². The predicted octanol–water partition coefficient (Wildman–Crippen LogP) is 0.565. The van der Waals surface area contributed by atoms with Crippen molar-refractivity contribution in [2.24, 2.45) is 0 Å². The van der Waals surface area contributed by atoms with Gasteiger partial charge in [-0.05, 0) is 32.4 Å². The molecule has 0 aromatic carbocycles. The molecule has 0 aromatic heterocycles. The van der Waals surface area contributed by atoms with Crippen molar-refractivity contribution in [1.82, 2.24) is 4.90 Å². The third-order valence-corrected chi connectivity index (χ3v) is 3.21. The largest absolute Gasteiger partial charge is 0.391 e. The third kappa shape index (κ3) is 1.92. The Morgan fingerprint density at radius 3 is 2.69 bits per heavy atom. The second-order valence-electron chi connectivity index (χ2n) is 4.16. The summed E-state index contributed by atoms with van der Waals surface area (Å²) in [6.07, 6.45) is 3.98. The summed E-state index contributed by atoms with van der Waals surface area (Å²) in [5.74, 6) is 0.321. The molecule has 2 atom stereocenters. The zero-order valence-electron chi connectivity index (χ0n) is 7.91. The average molecular weight is 183 g/mol. The van der Waals surface area contributed by atoms with Gasteiger partial charge in [-0.25, -0.2) is 0 Å². The maximum atomic E-state index is 11.2. The zero-order valence-corrected chi connectivity index (χ0v) is 7.91. The fourth-order valence-electron chi connectivity index (χ4n) is 2.42. The topological polar surface area (TPSA) is 40.5 Å². The molecule has 0 spiro atoms. The summed E-state index contributed by atoms with van der Waals surface area (Å²) in [4.78, 5) is 13.5. The highest BCUT2D eigenvalue weighted by Crippen LogP contribution is 2.24. The SMILES string of the molecule is O=C1CCC(O)C(N2CCCC2)C1. The number of Topliss-reactive ketones (excluding diaryl/α,β-unsaturated/α-hetero) is 1. The molecule has 2 aliphatic rings. The van der Waals surface area contributed by atoms with E-state index >= 15 is 0 Å². The molecule has 1 aliphatic carbocycles. The number of hydrogen-bond donors (Lipinski definition) is 1. The molecular formula is C10H17NO2. The van der Waals surface area contributed by atoms with Crippen molar-refractivity contribution < 1.29 is 9.90 Å².